The zero-order valence-corrected chi connectivity index (χ0v) is 21.7. The summed E-state index contributed by atoms with van der Waals surface area (Å²) in [5.74, 6) is 0.629. The SMILES string of the molecule is CC1=C(C)C(C)[C]([Zr+2][CH]2C(n3cc4ccccc4c3)=Cc3ccccc32)=C1C.[Cl-].[Cl-]. The molecule has 0 bridgehead atoms. The van der Waals surface area contributed by atoms with E-state index in [9.17, 15) is 0 Å². The molecular weight excluding hydrogens is 488 g/mol. The minimum absolute atomic E-state index is 0. The van der Waals surface area contributed by atoms with Crippen LogP contribution < -0.4 is 24.8 Å². The molecule has 0 spiro atoms. The summed E-state index contributed by atoms with van der Waals surface area (Å²) in [6, 6.07) is 17.7. The third-order valence-electron chi connectivity index (χ3n) is 6.70. The number of benzene rings is 2. The van der Waals surface area contributed by atoms with Crippen LogP contribution in [0.4, 0.5) is 0 Å². The zero-order valence-electron chi connectivity index (χ0n) is 17.7. The fourth-order valence-corrected chi connectivity index (χ4v) is 9.53. The van der Waals surface area contributed by atoms with E-state index in [4.69, 9.17) is 0 Å². The molecule has 0 saturated carbocycles. The van der Waals surface area contributed by atoms with Gasteiger partial charge in [-0.3, -0.25) is 0 Å². The molecule has 0 radical (unpaired) electrons. The molecule has 0 N–H and O–H groups in total. The second-order valence-electron chi connectivity index (χ2n) is 8.14. The summed E-state index contributed by atoms with van der Waals surface area (Å²) in [5, 5.41) is 2.64. The van der Waals surface area contributed by atoms with Gasteiger partial charge < -0.3 is 24.8 Å². The standard InChI is InChI=1S/C17H12N.C9H13.2ClH.Zr/c1-2-6-14-10-17(9-13(14)5-1)18-11-15-7-3-4-8-16(15)12-18;1-6-5-7(2)9(4)8(6)3;;;/h1-12H;6H,1-4H3;2*1H;/q;;;;+2/p-2. The van der Waals surface area contributed by atoms with Crippen molar-refractivity contribution in [1.82, 2.24) is 4.57 Å². The summed E-state index contributed by atoms with van der Waals surface area (Å²) in [7, 11) is 0. The Bertz CT molecular complexity index is 1170. The summed E-state index contributed by atoms with van der Waals surface area (Å²) in [6.07, 6.45) is 7.06. The maximum absolute atomic E-state index is 2.43. The molecule has 152 valence electrons. The van der Waals surface area contributed by atoms with Gasteiger partial charge >= 0.3 is 180 Å². The van der Waals surface area contributed by atoms with Gasteiger partial charge in [0.25, 0.3) is 0 Å². The van der Waals surface area contributed by atoms with Gasteiger partial charge in [0, 0.05) is 0 Å². The van der Waals surface area contributed by atoms with Crippen molar-refractivity contribution >= 4 is 22.5 Å². The van der Waals surface area contributed by atoms with Gasteiger partial charge in [0.2, 0.25) is 0 Å². The normalized spacial score (nSPS) is 19.9. The van der Waals surface area contributed by atoms with Crippen molar-refractivity contribution in [1.29, 1.82) is 0 Å². The minimum Gasteiger partial charge on any atom is -1.00 e. The van der Waals surface area contributed by atoms with E-state index >= 15 is 0 Å². The summed E-state index contributed by atoms with van der Waals surface area (Å²) < 4.78 is 4.76. The Morgan fingerprint density at radius 3 is 2.00 bits per heavy atom. The first-order valence-electron chi connectivity index (χ1n) is 10.1. The third-order valence-corrected chi connectivity index (χ3v) is 11.6. The number of nitrogens with zero attached hydrogens (tertiary/aromatic N) is 1. The van der Waals surface area contributed by atoms with Gasteiger partial charge in [0.05, 0.1) is 0 Å². The van der Waals surface area contributed by atoms with Gasteiger partial charge in [0.15, 0.2) is 0 Å². The predicted molar refractivity (Wildman–Crippen MR) is 116 cm³/mol. The maximum atomic E-state index is 2.43. The van der Waals surface area contributed by atoms with Crippen molar-refractivity contribution in [3.63, 3.8) is 0 Å². The second-order valence-corrected chi connectivity index (χ2v) is 11.6. The predicted octanol–water partition coefficient (Wildman–Crippen LogP) is 1.04. The van der Waals surface area contributed by atoms with E-state index in [1.165, 1.54) is 33.2 Å². The molecular formula is C26H25Cl2NZr. The maximum Gasteiger partial charge on any atom is -1.00 e. The Kier molecular flexibility index (Phi) is 7.02. The number of fused-ring (bicyclic) bond motifs is 2. The van der Waals surface area contributed by atoms with Crippen LogP contribution in [-0.2, 0) is 23.2 Å². The van der Waals surface area contributed by atoms with Gasteiger partial charge in [-0.1, -0.05) is 0 Å². The van der Waals surface area contributed by atoms with E-state index in [0.29, 0.717) is 9.54 Å². The van der Waals surface area contributed by atoms with Crippen LogP contribution in [0.1, 0.15) is 42.4 Å². The Hall–Kier alpha value is -1.34. The number of rotatable bonds is 3. The average Bonchev–Trinajstić information content (AvgIpc) is 3.35. The van der Waals surface area contributed by atoms with Crippen molar-refractivity contribution in [2.24, 2.45) is 5.92 Å². The van der Waals surface area contributed by atoms with E-state index in [1.807, 2.05) is 0 Å². The first kappa shape index (κ1) is 23.3. The molecule has 0 aliphatic heterocycles. The number of aromatic nitrogens is 1. The van der Waals surface area contributed by atoms with E-state index in [2.05, 4.69) is 99.3 Å². The molecule has 1 aromatic heterocycles. The Labute approximate surface area is 203 Å². The van der Waals surface area contributed by atoms with Gasteiger partial charge in [0.1, 0.15) is 0 Å². The number of hydrogen-bond acceptors (Lipinski definition) is 0. The first-order chi connectivity index (χ1) is 13.5. The molecule has 5 rings (SSSR count). The molecule has 4 heteroatoms. The molecule has 3 aromatic rings. The van der Waals surface area contributed by atoms with E-state index in [1.54, 1.807) is 14.4 Å². The molecule has 0 fully saturated rings. The van der Waals surface area contributed by atoms with Crippen molar-refractivity contribution in [3.05, 3.63) is 92.1 Å². The van der Waals surface area contributed by atoms with Crippen LogP contribution in [0.3, 0.4) is 0 Å². The fourth-order valence-electron chi connectivity index (χ4n) is 4.67. The van der Waals surface area contributed by atoms with Crippen LogP contribution in [0.25, 0.3) is 22.5 Å². The van der Waals surface area contributed by atoms with Crippen LogP contribution in [0.15, 0.2) is 80.9 Å². The van der Waals surface area contributed by atoms with Gasteiger partial charge in [-0.2, -0.15) is 0 Å². The molecule has 2 aliphatic carbocycles. The number of hydrogen-bond donors (Lipinski definition) is 0. The second kappa shape index (κ2) is 9.03. The summed E-state index contributed by atoms with van der Waals surface area (Å²) in [6.45, 7) is 9.41. The van der Waals surface area contributed by atoms with E-state index in [0.717, 1.165) is 0 Å². The topological polar surface area (TPSA) is 4.93 Å². The van der Waals surface area contributed by atoms with Crippen molar-refractivity contribution in [3.8, 4) is 0 Å². The number of halogens is 2. The Morgan fingerprint density at radius 2 is 1.40 bits per heavy atom. The van der Waals surface area contributed by atoms with Crippen LogP contribution in [-0.4, -0.2) is 4.57 Å². The minimum atomic E-state index is -0.835. The third kappa shape index (κ3) is 3.72. The molecule has 2 atom stereocenters. The van der Waals surface area contributed by atoms with Crippen LogP contribution in [0, 0.1) is 5.92 Å². The first-order valence-corrected chi connectivity index (χ1v) is 12.7. The molecule has 0 saturated heterocycles. The zero-order chi connectivity index (χ0) is 19.4. The quantitative estimate of drug-likeness (QED) is 0.494. The summed E-state index contributed by atoms with van der Waals surface area (Å²) in [4.78, 5) is 0. The molecule has 0 amide bonds. The van der Waals surface area contributed by atoms with Crippen LogP contribution in [0.2, 0.25) is 0 Å². The summed E-state index contributed by atoms with van der Waals surface area (Å²) >= 11 is -0.835. The Morgan fingerprint density at radius 1 is 0.800 bits per heavy atom. The van der Waals surface area contributed by atoms with Crippen LogP contribution >= 0.6 is 0 Å². The smallest absolute Gasteiger partial charge is 1.00 e. The monoisotopic (exact) mass is 511 g/mol. The number of allylic oxidation sites excluding steroid dienone is 5. The van der Waals surface area contributed by atoms with Crippen molar-refractivity contribution in [2.45, 2.75) is 31.3 Å². The molecule has 2 aromatic carbocycles. The molecule has 2 unspecified atom stereocenters. The van der Waals surface area contributed by atoms with Gasteiger partial charge in [-0.15, -0.1) is 0 Å². The fraction of sp³-hybridized carbons (Fsp3) is 0.231. The molecule has 1 nitrogen and oxygen atoms in total. The Balaban J connectivity index is 0.00000128. The van der Waals surface area contributed by atoms with E-state index < -0.39 is 23.2 Å². The van der Waals surface area contributed by atoms with Gasteiger partial charge in [-0.25, -0.2) is 0 Å². The van der Waals surface area contributed by atoms with Crippen LogP contribution in [0.5, 0.6) is 0 Å². The largest absolute Gasteiger partial charge is 1.00 e. The van der Waals surface area contributed by atoms with Crippen molar-refractivity contribution in [2.75, 3.05) is 0 Å². The van der Waals surface area contributed by atoms with Crippen molar-refractivity contribution < 1.29 is 48.0 Å². The average molecular weight is 514 g/mol. The summed E-state index contributed by atoms with van der Waals surface area (Å²) in [5.41, 5.74) is 9.11. The molecule has 30 heavy (non-hydrogen) atoms. The van der Waals surface area contributed by atoms with E-state index in [-0.39, 0.29) is 24.8 Å². The molecule has 1 heterocycles. The molecule has 2 aliphatic rings. The van der Waals surface area contributed by atoms with Gasteiger partial charge in [-0.05, 0) is 0 Å².